The minimum absolute atomic E-state index is 0. The fraction of sp³-hybridized carbons (Fsp3) is 0.667. The SMILES string of the molecule is CN=C(NCc1cccc(S(=O)(=O)NCCOC)c1)N1CCC2(CCCCC2)C1.I. The Hall–Kier alpha value is -0.910. The highest BCUT2D eigenvalue weighted by atomic mass is 127. The van der Waals surface area contributed by atoms with E-state index in [-0.39, 0.29) is 35.4 Å². The third-order valence-electron chi connectivity index (χ3n) is 6.12. The number of hydrogen-bond acceptors (Lipinski definition) is 4. The summed E-state index contributed by atoms with van der Waals surface area (Å²) in [7, 11) is -0.172. The van der Waals surface area contributed by atoms with Crippen LogP contribution in [0.3, 0.4) is 0 Å². The Kier molecular flexibility index (Phi) is 9.83. The first-order chi connectivity index (χ1) is 14.0. The zero-order chi connectivity index (χ0) is 20.7. The Balaban J connectivity index is 0.00000320. The number of rotatable bonds is 7. The Morgan fingerprint density at radius 2 is 2.00 bits per heavy atom. The number of methoxy groups -OCH3 is 1. The third-order valence-corrected chi connectivity index (χ3v) is 7.58. The number of nitrogens with zero attached hydrogens (tertiary/aromatic N) is 2. The van der Waals surface area contributed by atoms with Crippen LogP contribution in [0, 0.1) is 5.41 Å². The van der Waals surface area contributed by atoms with E-state index in [0.29, 0.717) is 18.6 Å². The Labute approximate surface area is 198 Å². The van der Waals surface area contributed by atoms with Crippen LogP contribution in [0.2, 0.25) is 0 Å². The number of nitrogens with one attached hydrogen (secondary N) is 2. The van der Waals surface area contributed by atoms with Crippen LogP contribution in [0.4, 0.5) is 0 Å². The number of guanidine groups is 1. The maximum atomic E-state index is 12.4. The molecule has 1 saturated heterocycles. The van der Waals surface area contributed by atoms with Gasteiger partial charge in [-0.25, -0.2) is 13.1 Å². The molecule has 0 aromatic heterocycles. The molecular formula is C21H35IN4O3S. The first kappa shape index (κ1) is 25.4. The average molecular weight is 551 g/mol. The Morgan fingerprint density at radius 3 is 2.70 bits per heavy atom. The molecule has 9 heteroatoms. The second-order valence-electron chi connectivity index (χ2n) is 8.17. The maximum absolute atomic E-state index is 12.4. The van der Waals surface area contributed by atoms with Crippen LogP contribution in [-0.2, 0) is 21.3 Å². The normalized spacial score (nSPS) is 19.0. The van der Waals surface area contributed by atoms with Crippen molar-refractivity contribution in [2.45, 2.75) is 50.0 Å². The Morgan fingerprint density at radius 1 is 1.23 bits per heavy atom. The highest BCUT2D eigenvalue weighted by Gasteiger charge is 2.39. The third kappa shape index (κ3) is 6.54. The molecule has 1 aliphatic carbocycles. The summed E-state index contributed by atoms with van der Waals surface area (Å²) in [6.45, 7) is 3.25. The topological polar surface area (TPSA) is 83.0 Å². The van der Waals surface area contributed by atoms with Crippen molar-refractivity contribution in [3.05, 3.63) is 29.8 Å². The van der Waals surface area contributed by atoms with Crippen LogP contribution in [0.5, 0.6) is 0 Å². The molecule has 0 unspecified atom stereocenters. The van der Waals surface area contributed by atoms with E-state index >= 15 is 0 Å². The number of ether oxygens (including phenoxy) is 1. The molecule has 30 heavy (non-hydrogen) atoms. The van der Waals surface area contributed by atoms with Crippen molar-refractivity contribution in [2.75, 3.05) is 40.4 Å². The van der Waals surface area contributed by atoms with Crippen molar-refractivity contribution in [3.63, 3.8) is 0 Å². The molecule has 1 heterocycles. The van der Waals surface area contributed by atoms with Crippen molar-refractivity contribution >= 4 is 40.0 Å². The lowest BCUT2D eigenvalue weighted by atomic mass is 9.73. The van der Waals surface area contributed by atoms with E-state index in [1.807, 2.05) is 13.1 Å². The highest BCUT2D eigenvalue weighted by molar-refractivity contribution is 14.0. The van der Waals surface area contributed by atoms with Crippen molar-refractivity contribution in [3.8, 4) is 0 Å². The van der Waals surface area contributed by atoms with Crippen LogP contribution in [0.1, 0.15) is 44.1 Å². The quantitative estimate of drug-likeness (QED) is 0.236. The Bertz CT molecular complexity index is 810. The van der Waals surface area contributed by atoms with Gasteiger partial charge in [0.2, 0.25) is 10.0 Å². The van der Waals surface area contributed by atoms with E-state index < -0.39 is 10.0 Å². The molecule has 1 spiro atoms. The predicted molar refractivity (Wildman–Crippen MR) is 131 cm³/mol. The number of sulfonamides is 1. The molecule has 1 aliphatic heterocycles. The van der Waals surface area contributed by atoms with Crippen molar-refractivity contribution < 1.29 is 13.2 Å². The van der Waals surface area contributed by atoms with Crippen molar-refractivity contribution in [1.82, 2.24) is 14.9 Å². The van der Waals surface area contributed by atoms with Gasteiger partial charge in [-0.15, -0.1) is 24.0 Å². The fourth-order valence-electron chi connectivity index (χ4n) is 4.52. The molecule has 1 aromatic rings. The molecule has 3 rings (SSSR count). The van der Waals surface area contributed by atoms with Crippen LogP contribution in [0.25, 0.3) is 0 Å². The molecule has 2 fully saturated rings. The van der Waals surface area contributed by atoms with Gasteiger partial charge in [0.05, 0.1) is 11.5 Å². The molecule has 2 aliphatic rings. The van der Waals surface area contributed by atoms with Gasteiger partial charge in [0, 0.05) is 40.3 Å². The van der Waals surface area contributed by atoms with Gasteiger partial charge in [0.1, 0.15) is 0 Å². The van der Waals surface area contributed by atoms with Gasteiger partial charge >= 0.3 is 0 Å². The molecule has 0 atom stereocenters. The number of likely N-dealkylation sites (tertiary alicyclic amines) is 1. The number of aliphatic imine (C=N–C) groups is 1. The highest BCUT2D eigenvalue weighted by Crippen LogP contribution is 2.43. The first-order valence-corrected chi connectivity index (χ1v) is 12.0. The summed E-state index contributed by atoms with van der Waals surface area (Å²) in [5, 5.41) is 3.42. The molecule has 0 amide bonds. The van der Waals surface area contributed by atoms with E-state index in [9.17, 15) is 8.42 Å². The van der Waals surface area contributed by atoms with Crippen molar-refractivity contribution in [1.29, 1.82) is 0 Å². The second kappa shape index (κ2) is 11.6. The zero-order valence-electron chi connectivity index (χ0n) is 18.0. The lowest BCUT2D eigenvalue weighted by Crippen LogP contribution is -2.41. The van der Waals surface area contributed by atoms with Gasteiger partial charge < -0.3 is 15.0 Å². The van der Waals surface area contributed by atoms with Crippen molar-refractivity contribution in [2.24, 2.45) is 10.4 Å². The molecule has 2 N–H and O–H groups in total. The summed E-state index contributed by atoms with van der Waals surface area (Å²) in [5.41, 5.74) is 1.38. The molecule has 1 aromatic carbocycles. The fourth-order valence-corrected chi connectivity index (χ4v) is 5.61. The minimum Gasteiger partial charge on any atom is -0.383 e. The molecule has 170 valence electrons. The summed E-state index contributed by atoms with van der Waals surface area (Å²) >= 11 is 0. The molecule has 0 radical (unpaired) electrons. The maximum Gasteiger partial charge on any atom is 0.240 e. The summed E-state index contributed by atoms with van der Waals surface area (Å²) in [6.07, 6.45) is 7.97. The van der Waals surface area contributed by atoms with Gasteiger partial charge in [-0.3, -0.25) is 4.99 Å². The summed E-state index contributed by atoms with van der Waals surface area (Å²) < 4.78 is 32.3. The lowest BCUT2D eigenvalue weighted by Gasteiger charge is -2.33. The van der Waals surface area contributed by atoms with Gasteiger partial charge in [0.25, 0.3) is 0 Å². The van der Waals surface area contributed by atoms with Crippen LogP contribution in [0.15, 0.2) is 34.2 Å². The van der Waals surface area contributed by atoms with Gasteiger partial charge in [-0.2, -0.15) is 0 Å². The summed E-state index contributed by atoms with van der Waals surface area (Å²) in [6, 6.07) is 7.03. The smallest absolute Gasteiger partial charge is 0.240 e. The molecule has 0 bridgehead atoms. The molecule has 1 saturated carbocycles. The van der Waals surface area contributed by atoms with Gasteiger partial charge in [-0.1, -0.05) is 31.4 Å². The number of hydrogen-bond donors (Lipinski definition) is 2. The van der Waals surface area contributed by atoms with Crippen LogP contribution < -0.4 is 10.0 Å². The molecular weight excluding hydrogens is 515 g/mol. The van der Waals surface area contributed by atoms with E-state index in [1.165, 1.54) is 38.5 Å². The first-order valence-electron chi connectivity index (χ1n) is 10.5. The average Bonchev–Trinajstić information content (AvgIpc) is 3.12. The largest absolute Gasteiger partial charge is 0.383 e. The number of benzene rings is 1. The van der Waals surface area contributed by atoms with Crippen LogP contribution in [-0.4, -0.2) is 59.7 Å². The number of halogens is 1. The van der Waals surface area contributed by atoms with E-state index in [1.54, 1.807) is 25.3 Å². The summed E-state index contributed by atoms with van der Waals surface area (Å²) in [4.78, 5) is 7.10. The monoisotopic (exact) mass is 550 g/mol. The second-order valence-corrected chi connectivity index (χ2v) is 9.94. The zero-order valence-corrected chi connectivity index (χ0v) is 21.2. The van der Waals surface area contributed by atoms with Crippen LogP contribution >= 0.6 is 24.0 Å². The van der Waals surface area contributed by atoms with E-state index in [2.05, 4.69) is 19.9 Å². The minimum atomic E-state index is -3.53. The van der Waals surface area contributed by atoms with E-state index in [4.69, 9.17) is 4.74 Å². The lowest BCUT2D eigenvalue weighted by molar-refractivity contribution is 0.203. The van der Waals surface area contributed by atoms with E-state index in [0.717, 1.165) is 24.6 Å². The van der Waals surface area contributed by atoms with Gasteiger partial charge in [-0.05, 0) is 42.4 Å². The van der Waals surface area contributed by atoms with Gasteiger partial charge in [0.15, 0.2) is 5.96 Å². The predicted octanol–water partition coefficient (Wildman–Crippen LogP) is 2.96. The summed E-state index contributed by atoms with van der Waals surface area (Å²) in [5.74, 6) is 0.902. The standard InChI is InChI=1S/C21H34N4O3S.HI/c1-22-20(25-13-11-21(17-25)9-4-3-5-10-21)23-16-18-7-6-8-19(15-18)29(26,27)24-12-14-28-2;/h6-8,15,24H,3-5,9-14,16-17H2,1-2H3,(H,22,23);1H. The molecule has 7 nitrogen and oxygen atoms in total.